The lowest BCUT2D eigenvalue weighted by molar-refractivity contribution is 0.436. The first-order valence-electron chi connectivity index (χ1n) is 7.46. The Bertz CT molecular complexity index is 642. The fraction of sp³-hybridized carbons (Fsp3) is 0.471. The highest BCUT2D eigenvalue weighted by atomic mass is 15.1. The van der Waals surface area contributed by atoms with Gasteiger partial charge in [0.05, 0.1) is 17.6 Å². The Labute approximate surface area is 120 Å². The molecule has 0 saturated carbocycles. The largest absolute Gasteiger partial charge is 0.317 e. The zero-order valence-corrected chi connectivity index (χ0v) is 12.0. The third kappa shape index (κ3) is 2.32. The van der Waals surface area contributed by atoms with E-state index < -0.39 is 0 Å². The van der Waals surface area contributed by atoms with Gasteiger partial charge in [-0.2, -0.15) is 0 Å². The first-order chi connectivity index (χ1) is 9.83. The average Bonchev–Trinajstić information content (AvgIpc) is 2.86. The van der Waals surface area contributed by atoms with Crippen LogP contribution in [0.4, 0.5) is 0 Å². The fourth-order valence-corrected chi connectivity index (χ4v) is 3.06. The molecule has 2 aromatic rings. The SMILES string of the molecule is C#CCn1c(C2CCNCC2)nc2cc(CC)ccc21. The Morgan fingerprint density at radius 1 is 1.40 bits per heavy atom. The van der Waals surface area contributed by atoms with E-state index in [1.165, 1.54) is 16.9 Å². The van der Waals surface area contributed by atoms with E-state index in [2.05, 4.69) is 40.9 Å². The molecule has 2 heterocycles. The monoisotopic (exact) mass is 267 g/mol. The standard InChI is InChI=1S/C17H21N3/c1-3-11-20-16-6-5-13(4-2)12-15(16)19-17(20)14-7-9-18-10-8-14/h1,5-6,12,14,18H,4,7-11H2,2H3. The van der Waals surface area contributed by atoms with E-state index in [9.17, 15) is 0 Å². The molecular weight excluding hydrogens is 246 g/mol. The Balaban J connectivity index is 2.09. The van der Waals surface area contributed by atoms with Gasteiger partial charge in [0.1, 0.15) is 5.82 Å². The highest BCUT2D eigenvalue weighted by Gasteiger charge is 2.22. The molecule has 0 atom stereocenters. The van der Waals surface area contributed by atoms with E-state index >= 15 is 0 Å². The summed E-state index contributed by atoms with van der Waals surface area (Å²) >= 11 is 0. The van der Waals surface area contributed by atoms with Gasteiger partial charge in [-0.25, -0.2) is 4.98 Å². The quantitative estimate of drug-likeness (QED) is 0.867. The van der Waals surface area contributed by atoms with Crippen molar-refractivity contribution >= 4 is 11.0 Å². The molecular formula is C17H21N3. The van der Waals surface area contributed by atoms with Crippen LogP contribution < -0.4 is 5.32 Å². The predicted octanol–water partition coefficient (Wildman–Crippen LogP) is 2.70. The highest BCUT2D eigenvalue weighted by molar-refractivity contribution is 5.77. The topological polar surface area (TPSA) is 29.9 Å². The lowest BCUT2D eigenvalue weighted by Crippen LogP contribution is -2.28. The molecule has 0 amide bonds. The number of fused-ring (bicyclic) bond motifs is 1. The fourth-order valence-electron chi connectivity index (χ4n) is 3.06. The minimum Gasteiger partial charge on any atom is -0.317 e. The number of rotatable bonds is 3. The summed E-state index contributed by atoms with van der Waals surface area (Å²) in [6.45, 7) is 4.93. The van der Waals surface area contributed by atoms with Crippen LogP contribution >= 0.6 is 0 Å². The van der Waals surface area contributed by atoms with Gasteiger partial charge in [-0.3, -0.25) is 0 Å². The van der Waals surface area contributed by atoms with Gasteiger partial charge in [0.25, 0.3) is 0 Å². The Hall–Kier alpha value is -1.79. The minimum atomic E-state index is 0.530. The molecule has 3 nitrogen and oxygen atoms in total. The maximum Gasteiger partial charge on any atom is 0.113 e. The number of nitrogens with zero attached hydrogens (tertiary/aromatic N) is 2. The van der Waals surface area contributed by atoms with Crippen molar-refractivity contribution in [3.05, 3.63) is 29.6 Å². The number of hydrogen-bond donors (Lipinski definition) is 1. The number of nitrogens with one attached hydrogen (secondary N) is 1. The summed E-state index contributed by atoms with van der Waals surface area (Å²) in [4.78, 5) is 4.90. The molecule has 0 bridgehead atoms. The molecule has 20 heavy (non-hydrogen) atoms. The normalized spacial score (nSPS) is 16.4. The number of imidazole rings is 1. The number of aryl methyl sites for hydroxylation is 1. The molecule has 3 rings (SSSR count). The Kier molecular flexibility index (Phi) is 3.75. The minimum absolute atomic E-state index is 0.530. The second kappa shape index (κ2) is 5.68. The van der Waals surface area contributed by atoms with Crippen molar-refractivity contribution in [1.82, 2.24) is 14.9 Å². The molecule has 1 saturated heterocycles. The lowest BCUT2D eigenvalue weighted by atomic mass is 9.97. The van der Waals surface area contributed by atoms with Crippen LogP contribution in [0.3, 0.4) is 0 Å². The van der Waals surface area contributed by atoms with Crippen molar-refractivity contribution in [2.24, 2.45) is 0 Å². The summed E-state index contributed by atoms with van der Waals surface area (Å²) in [5, 5.41) is 3.41. The smallest absolute Gasteiger partial charge is 0.113 e. The van der Waals surface area contributed by atoms with Crippen LogP contribution in [0.15, 0.2) is 18.2 Å². The number of hydrogen-bond acceptors (Lipinski definition) is 2. The van der Waals surface area contributed by atoms with Crippen LogP contribution in [-0.2, 0) is 13.0 Å². The summed E-state index contributed by atoms with van der Waals surface area (Å²) < 4.78 is 2.23. The van der Waals surface area contributed by atoms with Gasteiger partial charge in [-0.15, -0.1) is 6.42 Å². The van der Waals surface area contributed by atoms with Gasteiger partial charge in [-0.1, -0.05) is 18.9 Å². The van der Waals surface area contributed by atoms with Crippen LogP contribution in [0.1, 0.15) is 37.1 Å². The van der Waals surface area contributed by atoms with Gasteiger partial charge in [0, 0.05) is 5.92 Å². The van der Waals surface area contributed by atoms with E-state index in [1.54, 1.807) is 0 Å². The maximum absolute atomic E-state index is 5.55. The Morgan fingerprint density at radius 2 is 2.20 bits per heavy atom. The molecule has 1 aliphatic rings. The van der Waals surface area contributed by atoms with E-state index in [1.807, 2.05) is 0 Å². The van der Waals surface area contributed by atoms with Gasteiger partial charge >= 0.3 is 0 Å². The molecule has 1 aliphatic heterocycles. The van der Waals surface area contributed by atoms with Gasteiger partial charge in [0.15, 0.2) is 0 Å². The van der Waals surface area contributed by atoms with Crippen LogP contribution in [-0.4, -0.2) is 22.6 Å². The summed E-state index contributed by atoms with van der Waals surface area (Å²) in [7, 11) is 0. The van der Waals surface area contributed by atoms with Crippen LogP contribution in [0, 0.1) is 12.3 Å². The van der Waals surface area contributed by atoms with Crippen molar-refractivity contribution in [1.29, 1.82) is 0 Å². The van der Waals surface area contributed by atoms with Crippen LogP contribution in [0.25, 0.3) is 11.0 Å². The first-order valence-corrected chi connectivity index (χ1v) is 7.46. The highest BCUT2D eigenvalue weighted by Crippen LogP contribution is 2.28. The van der Waals surface area contributed by atoms with E-state index in [4.69, 9.17) is 11.4 Å². The molecule has 1 N–H and O–H groups in total. The summed E-state index contributed by atoms with van der Waals surface area (Å²) in [6, 6.07) is 6.55. The van der Waals surface area contributed by atoms with E-state index in [-0.39, 0.29) is 0 Å². The molecule has 0 spiro atoms. The van der Waals surface area contributed by atoms with Crippen molar-refractivity contribution in [3.8, 4) is 12.3 Å². The van der Waals surface area contributed by atoms with Gasteiger partial charge < -0.3 is 9.88 Å². The molecule has 104 valence electrons. The number of piperidine rings is 1. The van der Waals surface area contributed by atoms with Crippen LogP contribution in [0.2, 0.25) is 0 Å². The zero-order valence-electron chi connectivity index (χ0n) is 12.0. The first kappa shape index (κ1) is 13.2. The number of benzene rings is 1. The second-order valence-corrected chi connectivity index (χ2v) is 5.46. The second-order valence-electron chi connectivity index (χ2n) is 5.46. The third-order valence-corrected chi connectivity index (χ3v) is 4.20. The van der Waals surface area contributed by atoms with E-state index in [0.717, 1.165) is 37.9 Å². The maximum atomic E-state index is 5.55. The zero-order chi connectivity index (χ0) is 13.9. The van der Waals surface area contributed by atoms with Gasteiger partial charge in [-0.05, 0) is 50.0 Å². The molecule has 0 radical (unpaired) electrons. The van der Waals surface area contributed by atoms with Crippen molar-refractivity contribution in [2.45, 2.75) is 38.6 Å². The summed E-state index contributed by atoms with van der Waals surface area (Å²) in [5.74, 6) is 4.48. The van der Waals surface area contributed by atoms with Crippen LogP contribution in [0.5, 0.6) is 0 Å². The summed E-state index contributed by atoms with van der Waals surface area (Å²) in [5.41, 5.74) is 3.60. The molecule has 1 fully saturated rings. The number of aromatic nitrogens is 2. The molecule has 1 aromatic carbocycles. The average molecular weight is 267 g/mol. The molecule has 1 aromatic heterocycles. The molecule has 0 unspecified atom stereocenters. The van der Waals surface area contributed by atoms with E-state index in [0.29, 0.717) is 12.5 Å². The molecule has 0 aliphatic carbocycles. The van der Waals surface area contributed by atoms with Crippen molar-refractivity contribution in [2.75, 3.05) is 13.1 Å². The molecule has 3 heteroatoms. The predicted molar refractivity (Wildman–Crippen MR) is 82.8 cm³/mol. The van der Waals surface area contributed by atoms with Gasteiger partial charge in [0.2, 0.25) is 0 Å². The summed E-state index contributed by atoms with van der Waals surface area (Å²) in [6.07, 6.45) is 8.89. The number of terminal acetylenes is 1. The Morgan fingerprint density at radius 3 is 2.90 bits per heavy atom. The van der Waals surface area contributed by atoms with Crippen molar-refractivity contribution in [3.63, 3.8) is 0 Å². The van der Waals surface area contributed by atoms with Crippen molar-refractivity contribution < 1.29 is 0 Å². The lowest BCUT2D eigenvalue weighted by Gasteiger charge is -2.22. The third-order valence-electron chi connectivity index (χ3n) is 4.20.